The van der Waals surface area contributed by atoms with Crippen molar-refractivity contribution in [1.82, 2.24) is 19.9 Å². The van der Waals surface area contributed by atoms with E-state index < -0.39 is 0 Å². The highest BCUT2D eigenvalue weighted by atomic mass is 16.5. The first kappa shape index (κ1) is 15.3. The minimum absolute atomic E-state index is 0.320. The van der Waals surface area contributed by atoms with Crippen LogP contribution >= 0.6 is 0 Å². The Balaban J connectivity index is 1.64. The summed E-state index contributed by atoms with van der Waals surface area (Å²) in [6.07, 6.45) is 4.32. The van der Waals surface area contributed by atoms with Gasteiger partial charge in [0, 0.05) is 45.5 Å². The lowest BCUT2D eigenvalue weighted by molar-refractivity contribution is 0.397. The van der Waals surface area contributed by atoms with E-state index in [0.29, 0.717) is 17.9 Å². The van der Waals surface area contributed by atoms with E-state index >= 15 is 0 Å². The molecule has 0 bridgehead atoms. The normalized spacial score (nSPS) is 17.2. The highest BCUT2D eigenvalue weighted by Gasteiger charge is 2.24. The van der Waals surface area contributed by atoms with Gasteiger partial charge in [-0.05, 0) is 12.5 Å². The number of hydrogen-bond donors (Lipinski definition) is 1. The molecule has 1 N–H and O–H groups in total. The lowest BCUT2D eigenvalue weighted by Crippen LogP contribution is -2.27. The van der Waals surface area contributed by atoms with Gasteiger partial charge in [0.05, 0.1) is 7.11 Å². The Morgan fingerprint density at radius 3 is 2.96 bits per heavy atom. The molecular weight excluding hydrogens is 294 g/mol. The van der Waals surface area contributed by atoms with Gasteiger partial charge in [-0.2, -0.15) is 4.98 Å². The molecular formula is C15H21N7O. The Bertz CT molecular complexity index is 664. The summed E-state index contributed by atoms with van der Waals surface area (Å²) in [6, 6.07) is 4.07. The number of rotatable bonds is 5. The van der Waals surface area contributed by atoms with Crippen LogP contribution in [0.5, 0.6) is 5.88 Å². The molecule has 0 saturated carbocycles. The van der Waals surface area contributed by atoms with Crippen molar-refractivity contribution in [3.63, 3.8) is 0 Å². The first-order chi connectivity index (χ1) is 11.2. The van der Waals surface area contributed by atoms with Crippen LogP contribution in [0.25, 0.3) is 0 Å². The van der Waals surface area contributed by atoms with Crippen LogP contribution in [0, 0.1) is 0 Å². The van der Waals surface area contributed by atoms with Crippen molar-refractivity contribution in [3.8, 4) is 5.88 Å². The molecule has 3 rings (SSSR count). The molecule has 1 saturated heterocycles. The van der Waals surface area contributed by atoms with Crippen LogP contribution < -0.4 is 19.9 Å². The molecule has 1 fully saturated rings. The van der Waals surface area contributed by atoms with Gasteiger partial charge in [-0.3, -0.25) is 0 Å². The standard InChI is InChI=1S/C15H21N7O/c1-21(2)15-16-6-4-12(20-15)19-11-5-7-22(9-11)13-8-14(23-3)18-10-17-13/h4,6,8,10-11H,5,7,9H2,1-3H3,(H,16,19,20). The average molecular weight is 315 g/mol. The van der Waals surface area contributed by atoms with Crippen molar-refractivity contribution in [3.05, 3.63) is 24.7 Å². The monoisotopic (exact) mass is 315 g/mol. The molecule has 0 aliphatic carbocycles. The van der Waals surface area contributed by atoms with E-state index in [0.717, 1.165) is 31.1 Å². The lowest BCUT2D eigenvalue weighted by atomic mass is 10.2. The van der Waals surface area contributed by atoms with Gasteiger partial charge in [0.2, 0.25) is 11.8 Å². The molecule has 0 spiro atoms. The molecule has 0 radical (unpaired) electrons. The fourth-order valence-electron chi connectivity index (χ4n) is 2.55. The number of nitrogens with one attached hydrogen (secondary N) is 1. The molecule has 23 heavy (non-hydrogen) atoms. The number of aromatic nitrogens is 4. The maximum Gasteiger partial charge on any atom is 0.226 e. The quantitative estimate of drug-likeness (QED) is 0.876. The fraction of sp³-hybridized carbons (Fsp3) is 0.467. The molecule has 0 aromatic carbocycles. The SMILES string of the molecule is COc1cc(N2CCC(Nc3ccnc(N(C)C)n3)C2)ncn1. The molecule has 1 unspecified atom stereocenters. The van der Waals surface area contributed by atoms with E-state index in [1.807, 2.05) is 31.1 Å². The number of anilines is 3. The van der Waals surface area contributed by atoms with E-state index in [9.17, 15) is 0 Å². The van der Waals surface area contributed by atoms with Crippen LogP contribution in [0.15, 0.2) is 24.7 Å². The van der Waals surface area contributed by atoms with Crippen molar-refractivity contribution in [2.75, 3.05) is 49.4 Å². The van der Waals surface area contributed by atoms with Crippen LogP contribution in [-0.2, 0) is 0 Å². The first-order valence-corrected chi connectivity index (χ1v) is 7.53. The zero-order valence-electron chi connectivity index (χ0n) is 13.6. The predicted octanol–water partition coefficient (Wildman–Crippen LogP) is 1.03. The van der Waals surface area contributed by atoms with E-state index in [1.54, 1.807) is 13.3 Å². The summed E-state index contributed by atoms with van der Waals surface area (Å²) in [7, 11) is 5.47. The smallest absolute Gasteiger partial charge is 0.226 e. The Hall–Kier alpha value is -2.64. The Kier molecular flexibility index (Phi) is 4.40. The van der Waals surface area contributed by atoms with Crippen molar-refractivity contribution in [2.24, 2.45) is 0 Å². The second-order valence-electron chi connectivity index (χ2n) is 5.63. The van der Waals surface area contributed by atoms with E-state index in [-0.39, 0.29) is 0 Å². The zero-order chi connectivity index (χ0) is 16.2. The van der Waals surface area contributed by atoms with Crippen LogP contribution in [-0.4, -0.2) is 60.3 Å². The van der Waals surface area contributed by atoms with Gasteiger partial charge >= 0.3 is 0 Å². The fourth-order valence-corrected chi connectivity index (χ4v) is 2.55. The van der Waals surface area contributed by atoms with Crippen molar-refractivity contribution >= 4 is 17.6 Å². The van der Waals surface area contributed by atoms with Gasteiger partial charge in [0.1, 0.15) is 18.0 Å². The number of methoxy groups -OCH3 is 1. The van der Waals surface area contributed by atoms with Gasteiger partial charge in [-0.25, -0.2) is 15.0 Å². The molecule has 3 heterocycles. The summed E-state index contributed by atoms with van der Waals surface area (Å²) in [5, 5.41) is 3.47. The van der Waals surface area contributed by atoms with Crippen LogP contribution in [0.2, 0.25) is 0 Å². The van der Waals surface area contributed by atoms with Crippen LogP contribution in [0.3, 0.4) is 0 Å². The molecule has 8 nitrogen and oxygen atoms in total. The lowest BCUT2D eigenvalue weighted by Gasteiger charge is -2.18. The minimum atomic E-state index is 0.320. The second-order valence-corrected chi connectivity index (χ2v) is 5.63. The largest absolute Gasteiger partial charge is 0.481 e. The van der Waals surface area contributed by atoms with Gasteiger partial charge in [0.15, 0.2) is 0 Å². The van der Waals surface area contributed by atoms with E-state index in [2.05, 4.69) is 30.2 Å². The van der Waals surface area contributed by atoms with Crippen molar-refractivity contribution in [1.29, 1.82) is 0 Å². The highest BCUT2D eigenvalue weighted by molar-refractivity contribution is 5.45. The van der Waals surface area contributed by atoms with Gasteiger partial charge < -0.3 is 19.9 Å². The third kappa shape index (κ3) is 3.58. The summed E-state index contributed by atoms with van der Waals surface area (Å²) in [5.41, 5.74) is 0. The second kappa shape index (κ2) is 6.64. The third-order valence-corrected chi connectivity index (χ3v) is 3.74. The molecule has 2 aromatic heterocycles. The van der Waals surface area contributed by atoms with Crippen LogP contribution in [0.4, 0.5) is 17.6 Å². The first-order valence-electron chi connectivity index (χ1n) is 7.53. The molecule has 122 valence electrons. The van der Waals surface area contributed by atoms with E-state index in [4.69, 9.17) is 4.74 Å². The summed E-state index contributed by atoms with van der Waals surface area (Å²) >= 11 is 0. The van der Waals surface area contributed by atoms with Crippen molar-refractivity contribution < 1.29 is 4.74 Å². The molecule has 8 heteroatoms. The molecule has 1 atom stereocenters. The third-order valence-electron chi connectivity index (χ3n) is 3.74. The Morgan fingerprint density at radius 2 is 2.17 bits per heavy atom. The van der Waals surface area contributed by atoms with Gasteiger partial charge in [-0.1, -0.05) is 0 Å². The number of ether oxygens (including phenoxy) is 1. The molecule has 1 aliphatic rings. The Labute approximate surface area is 135 Å². The maximum atomic E-state index is 5.16. The summed E-state index contributed by atoms with van der Waals surface area (Å²) in [5.74, 6) is 3.01. The molecule has 2 aromatic rings. The zero-order valence-corrected chi connectivity index (χ0v) is 13.6. The number of hydrogen-bond acceptors (Lipinski definition) is 8. The van der Waals surface area contributed by atoms with Gasteiger partial charge in [-0.15, -0.1) is 0 Å². The van der Waals surface area contributed by atoms with Gasteiger partial charge in [0.25, 0.3) is 0 Å². The topological polar surface area (TPSA) is 79.3 Å². The average Bonchev–Trinajstić information content (AvgIpc) is 3.03. The molecule has 0 amide bonds. The predicted molar refractivity (Wildman–Crippen MR) is 89.2 cm³/mol. The van der Waals surface area contributed by atoms with Crippen LogP contribution in [0.1, 0.15) is 6.42 Å². The minimum Gasteiger partial charge on any atom is -0.481 e. The number of nitrogens with zero attached hydrogens (tertiary/aromatic N) is 6. The molecule has 1 aliphatic heterocycles. The maximum absolute atomic E-state index is 5.16. The Morgan fingerprint density at radius 1 is 1.30 bits per heavy atom. The van der Waals surface area contributed by atoms with Crippen molar-refractivity contribution in [2.45, 2.75) is 12.5 Å². The highest BCUT2D eigenvalue weighted by Crippen LogP contribution is 2.22. The summed E-state index contributed by atoms with van der Waals surface area (Å²) in [4.78, 5) is 21.2. The van der Waals surface area contributed by atoms with E-state index in [1.165, 1.54) is 6.33 Å². The summed E-state index contributed by atoms with van der Waals surface area (Å²) in [6.45, 7) is 1.80. The summed E-state index contributed by atoms with van der Waals surface area (Å²) < 4.78 is 5.16.